The highest BCUT2D eigenvalue weighted by Crippen LogP contribution is 2.28. The predicted octanol–water partition coefficient (Wildman–Crippen LogP) is 4.24. The average Bonchev–Trinajstić information content (AvgIpc) is 2.64. The number of benzene rings is 1. The van der Waals surface area contributed by atoms with Gasteiger partial charge in [0.25, 0.3) is 11.5 Å². The largest absolute Gasteiger partial charge is 0.296 e. The lowest BCUT2D eigenvalue weighted by Gasteiger charge is -2.11. The van der Waals surface area contributed by atoms with Gasteiger partial charge in [0.1, 0.15) is 12.0 Å². The third-order valence-electron chi connectivity index (χ3n) is 4.31. The van der Waals surface area contributed by atoms with E-state index in [0.29, 0.717) is 19.8 Å². The number of halogens is 4. The number of fused-ring (bicyclic) bond motifs is 1. The Morgan fingerprint density at radius 2 is 1.86 bits per heavy atom. The maximum absolute atomic E-state index is 14.6. The van der Waals surface area contributed by atoms with Crippen molar-refractivity contribution in [2.24, 2.45) is 0 Å². The summed E-state index contributed by atoms with van der Waals surface area (Å²) in [6.45, 7) is 2.38. The molecule has 2 heterocycles. The van der Waals surface area contributed by atoms with Gasteiger partial charge in [-0.3, -0.25) is 9.36 Å². The van der Waals surface area contributed by atoms with Gasteiger partial charge < -0.3 is 0 Å². The summed E-state index contributed by atoms with van der Waals surface area (Å²) in [7, 11) is 0. The van der Waals surface area contributed by atoms with Gasteiger partial charge in [-0.15, -0.1) is 0 Å². The van der Waals surface area contributed by atoms with E-state index in [2.05, 4.69) is 15.0 Å². The van der Waals surface area contributed by atoms with E-state index in [4.69, 9.17) is 0 Å². The van der Waals surface area contributed by atoms with Crippen LogP contribution in [0.3, 0.4) is 0 Å². The van der Waals surface area contributed by atoms with Crippen LogP contribution < -0.4 is 5.56 Å². The van der Waals surface area contributed by atoms with Crippen LogP contribution in [0.25, 0.3) is 22.3 Å². The lowest BCUT2D eigenvalue weighted by molar-refractivity contribution is 0.0167. The highest BCUT2D eigenvalue weighted by molar-refractivity contribution is 5.82. The Bertz CT molecular complexity index is 1040. The Balaban J connectivity index is 2.01. The Labute approximate surface area is 158 Å². The Morgan fingerprint density at radius 3 is 2.46 bits per heavy atom. The van der Waals surface area contributed by atoms with E-state index in [1.54, 1.807) is 0 Å². The van der Waals surface area contributed by atoms with Gasteiger partial charge in [-0.1, -0.05) is 13.3 Å². The summed E-state index contributed by atoms with van der Waals surface area (Å²) >= 11 is 0. The zero-order valence-electron chi connectivity index (χ0n) is 15.3. The zero-order chi connectivity index (χ0) is 20.5. The molecule has 1 unspecified atom stereocenters. The van der Waals surface area contributed by atoms with Crippen LogP contribution in [0, 0.1) is 5.82 Å². The molecule has 0 radical (unpaired) electrons. The second kappa shape index (κ2) is 7.65. The first-order valence-electron chi connectivity index (χ1n) is 8.74. The molecule has 9 heteroatoms. The first kappa shape index (κ1) is 19.9. The molecule has 1 atom stereocenters. The van der Waals surface area contributed by atoms with E-state index in [0.717, 1.165) is 23.0 Å². The fourth-order valence-electron chi connectivity index (χ4n) is 2.79. The highest BCUT2D eigenvalue weighted by atomic mass is 19.3. The molecule has 3 aromatic rings. The van der Waals surface area contributed by atoms with Crippen LogP contribution in [0.2, 0.25) is 0 Å². The van der Waals surface area contributed by atoms with Crippen LogP contribution in [-0.2, 0) is 12.5 Å². The van der Waals surface area contributed by atoms with Gasteiger partial charge in [-0.2, -0.15) is 0 Å². The normalized spacial score (nSPS) is 13.1. The molecule has 0 spiro atoms. The van der Waals surface area contributed by atoms with Gasteiger partial charge >= 0.3 is 0 Å². The molecule has 0 aliphatic rings. The molecule has 3 rings (SSSR count). The minimum Gasteiger partial charge on any atom is -0.296 e. The van der Waals surface area contributed by atoms with E-state index in [-0.39, 0.29) is 28.8 Å². The van der Waals surface area contributed by atoms with Crippen molar-refractivity contribution in [1.82, 2.24) is 19.5 Å². The van der Waals surface area contributed by atoms with Crippen molar-refractivity contribution in [2.75, 3.05) is 0 Å². The lowest BCUT2D eigenvalue weighted by atomic mass is 10.1. The molecule has 0 fully saturated rings. The number of alkyl halides is 3. The quantitative estimate of drug-likeness (QED) is 0.587. The first-order chi connectivity index (χ1) is 13.2. The molecule has 28 heavy (non-hydrogen) atoms. The number of nitrogens with zero attached hydrogens (tertiary/aromatic N) is 4. The zero-order valence-corrected chi connectivity index (χ0v) is 15.3. The van der Waals surface area contributed by atoms with Gasteiger partial charge in [0.15, 0.2) is 5.82 Å². The molecule has 0 saturated carbocycles. The van der Waals surface area contributed by atoms with Gasteiger partial charge in [-0.05, 0) is 18.6 Å². The Kier molecular flexibility index (Phi) is 5.44. The molecule has 0 aliphatic carbocycles. The molecular formula is C19H18F4N4O. The van der Waals surface area contributed by atoms with Gasteiger partial charge in [0.2, 0.25) is 0 Å². The molecule has 0 saturated heterocycles. The third kappa shape index (κ3) is 4.02. The van der Waals surface area contributed by atoms with Gasteiger partial charge in [0.05, 0.1) is 34.9 Å². The van der Waals surface area contributed by atoms with Crippen LogP contribution in [0.4, 0.5) is 17.6 Å². The molecule has 0 aliphatic heterocycles. The van der Waals surface area contributed by atoms with Crippen LogP contribution in [0.1, 0.15) is 32.3 Å². The van der Waals surface area contributed by atoms with Crippen LogP contribution in [0.5, 0.6) is 0 Å². The molecule has 148 valence electrons. The van der Waals surface area contributed by atoms with E-state index in [1.165, 1.54) is 12.4 Å². The van der Waals surface area contributed by atoms with E-state index < -0.39 is 29.0 Å². The van der Waals surface area contributed by atoms with Crippen molar-refractivity contribution in [3.05, 3.63) is 52.6 Å². The second-order valence-corrected chi connectivity index (χ2v) is 6.62. The minimum absolute atomic E-state index is 0.0100. The molecular weight excluding hydrogens is 376 g/mol. The van der Waals surface area contributed by atoms with Crippen molar-refractivity contribution in [1.29, 1.82) is 0 Å². The Morgan fingerprint density at radius 1 is 1.18 bits per heavy atom. The van der Waals surface area contributed by atoms with E-state index >= 15 is 0 Å². The molecule has 0 bridgehead atoms. The summed E-state index contributed by atoms with van der Waals surface area (Å²) in [4.78, 5) is 24.2. The molecule has 0 amide bonds. The topological polar surface area (TPSA) is 60.7 Å². The van der Waals surface area contributed by atoms with Crippen molar-refractivity contribution in [3.8, 4) is 11.4 Å². The van der Waals surface area contributed by atoms with Crippen molar-refractivity contribution < 1.29 is 17.6 Å². The second-order valence-electron chi connectivity index (χ2n) is 6.62. The third-order valence-corrected chi connectivity index (χ3v) is 4.31. The molecule has 1 aromatic carbocycles. The molecule has 0 N–H and O–H groups in total. The smallest absolute Gasteiger partial charge is 0.273 e. The summed E-state index contributed by atoms with van der Waals surface area (Å²) < 4.78 is 56.0. The molecule has 2 aromatic heterocycles. The summed E-state index contributed by atoms with van der Waals surface area (Å²) in [5, 5.41) is -0.0100. The van der Waals surface area contributed by atoms with Gasteiger partial charge in [0, 0.05) is 19.3 Å². The van der Waals surface area contributed by atoms with E-state index in [9.17, 15) is 22.4 Å². The SMILES string of the molecule is CCCC(F)Cn1cnc2cc(-c3ncc(C(C)(F)F)cn3)c(F)cc2c1=O. The predicted molar refractivity (Wildman–Crippen MR) is 96.4 cm³/mol. The fraction of sp³-hybridized carbons (Fsp3) is 0.368. The van der Waals surface area contributed by atoms with E-state index in [1.807, 2.05) is 6.92 Å². The van der Waals surface area contributed by atoms with Crippen LogP contribution >= 0.6 is 0 Å². The monoisotopic (exact) mass is 394 g/mol. The number of aromatic nitrogens is 4. The van der Waals surface area contributed by atoms with Crippen molar-refractivity contribution in [2.45, 2.75) is 45.3 Å². The first-order valence-corrected chi connectivity index (χ1v) is 8.74. The highest BCUT2D eigenvalue weighted by Gasteiger charge is 2.25. The summed E-state index contributed by atoms with van der Waals surface area (Å²) in [6.07, 6.45) is 2.80. The number of rotatable bonds is 6. The maximum Gasteiger partial charge on any atom is 0.273 e. The molecule has 5 nitrogen and oxygen atoms in total. The number of hydrogen-bond donors (Lipinski definition) is 0. The van der Waals surface area contributed by atoms with Crippen molar-refractivity contribution in [3.63, 3.8) is 0 Å². The Hall–Kier alpha value is -2.84. The number of hydrogen-bond acceptors (Lipinski definition) is 4. The van der Waals surface area contributed by atoms with Crippen molar-refractivity contribution >= 4 is 10.9 Å². The summed E-state index contributed by atoms with van der Waals surface area (Å²) in [5.41, 5.74) is -0.850. The minimum atomic E-state index is -3.11. The lowest BCUT2D eigenvalue weighted by Crippen LogP contribution is -2.25. The summed E-state index contributed by atoms with van der Waals surface area (Å²) in [6, 6.07) is 2.25. The van der Waals surface area contributed by atoms with Crippen LogP contribution in [0.15, 0.2) is 35.6 Å². The van der Waals surface area contributed by atoms with Gasteiger partial charge in [-0.25, -0.2) is 32.5 Å². The fourth-order valence-corrected chi connectivity index (χ4v) is 2.79. The van der Waals surface area contributed by atoms with Crippen LogP contribution in [-0.4, -0.2) is 25.7 Å². The standard InChI is InChI=1S/C19H18F4N4O/c1-3-4-12(20)9-27-10-26-16-6-13(15(21)5-14(16)18(27)28)17-24-7-11(8-25-17)19(2,22)23/h5-8,10,12H,3-4,9H2,1-2H3. The average molecular weight is 394 g/mol. The summed E-state index contributed by atoms with van der Waals surface area (Å²) in [5.74, 6) is -4.02. The maximum atomic E-state index is 14.6.